The van der Waals surface area contributed by atoms with Crippen molar-refractivity contribution >= 4 is 0 Å². The van der Waals surface area contributed by atoms with Crippen molar-refractivity contribution in [2.24, 2.45) is 44.8 Å². The molecule has 3 N–H and O–H groups in total. The van der Waals surface area contributed by atoms with Crippen LogP contribution >= 0.6 is 0 Å². The van der Waals surface area contributed by atoms with Crippen molar-refractivity contribution in [3.05, 3.63) is 12.2 Å². The van der Waals surface area contributed by atoms with Crippen molar-refractivity contribution < 1.29 is 5.11 Å². The second kappa shape index (κ2) is 5.90. The Kier molecular flexibility index (Phi) is 4.17. The lowest BCUT2D eigenvalue weighted by molar-refractivity contribution is -0.0896. The molecule has 0 radical (unpaired) electrons. The van der Waals surface area contributed by atoms with E-state index < -0.39 is 0 Å². The van der Waals surface area contributed by atoms with Gasteiger partial charge in [0.05, 0.1) is 6.10 Å². The zero-order valence-corrected chi connectivity index (χ0v) is 19.8. The summed E-state index contributed by atoms with van der Waals surface area (Å²) < 4.78 is 0. The molecular weight excluding hydrogens is 356 g/mol. The molecule has 2 spiro atoms. The van der Waals surface area contributed by atoms with Gasteiger partial charge in [0.25, 0.3) is 0 Å². The predicted octanol–water partition coefficient (Wildman–Crippen LogP) is 4.37. The van der Waals surface area contributed by atoms with Gasteiger partial charge in [0.1, 0.15) is 0 Å². The van der Waals surface area contributed by atoms with Crippen molar-refractivity contribution in [2.75, 3.05) is 14.1 Å². The number of rotatable bonds is 3. The van der Waals surface area contributed by atoms with Gasteiger partial charge >= 0.3 is 0 Å². The molecule has 5 aliphatic rings. The van der Waals surface area contributed by atoms with E-state index in [1.165, 1.54) is 32.1 Å². The van der Waals surface area contributed by atoms with Gasteiger partial charge < -0.3 is 15.7 Å². The van der Waals surface area contributed by atoms with Gasteiger partial charge in [-0.2, -0.15) is 0 Å². The van der Waals surface area contributed by atoms with E-state index in [4.69, 9.17) is 0 Å². The van der Waals surface area contributed by atoms with E-state index in [0.717, 1.165) is 18.3 Å². The van der Waals surface area contributed by atoms with E-state index in [2.05, 4.69) is 64.5 Å². The number of aliphatic hydroxyl groups is 1. The van der Waals surface area contributed by atoms with Crippen LogP contribution in [0.2, 0.25) is 0 Å². The van der Waals surface area contributed by atoms with E-state index in [1.54, 1.807) is 0 Å². The molecule has 0 amide bonds. The maximum absolute atomic E-state index is 11.2. The van der Waals surface area contributed by atoms with Crippen molar-refractivity contribution in [1.82, 2.24) is 10.6 Å². The summed E-state index contributed by atoms with van der Waals surface area (Å²) in [5.74, 6) is 1.86. The van der Waals surface area contributed by atoms with Crippen LogP contribution in [0.4, 0.5) is 0 Å². The number of allylic oxidation sites excluding steroid dienone is 2. The minimum absolute atomic E-state index is 0.0824. The molecule has 0 aromatic heterocycles. The second-order valence-corrected chi connectivity index (χ2v) is 12.7. The van der Waals surface area contributed by atoms with Crippen molar-refractivity contribution in [3.63, 3.8) is 0 Å². The molecule has 4 saturated carbocycles. The SMILES string of the molecule is CNC(C)[C@H]1[C@H](O)C[C@@]2(C)[C@@H]3CC[C@H]4C(C)(C)[C@H](NC)CC[C@@]45C[C@@]35C=C[C@]12C. The first-order valence-corrected chi connectivity index (χ1v) is 12.3. The fourth-order valence-electron chi connectivity index (χ4n) is 10.3. The van der Waals surface area contributed by atoms with E-state index in [9.17, 15) is 5.11 Å². The molecule has 3 heteroatoms. The molecule has 0 bridgehead atoms. The monoisotopic (exact) mass is 400 g/mol. The summed E-state index contributed by atoms with van der Waals surface area (Å²) in [6, 6.07) is 0.986. The molecule has 164 valence electrons. The van der Waals surface area contributed by atoms with Gasteiger partial charge in [0, 0.05) is 18.0 Å². The van der Waals surface area contributed by atoms with Gasteiger partial charge in [-0.3, -0.25) is 0 Å². The van der Waals surface area contributed by atoms with E-state index in [-0.39, 0.29) is 16.9 Å². The molecule has 5 rings (SSSR count). The number of fused-ring (bicyclic) bond motifs is 2. The molecule has 10 atom stereocenters. The fourth-order valence-corrected chi connectivity index (χ4v) is 10.3. The molecule has 29 heavy (non-hydrogen) atoms. The summed E-state index contributed by atoms with van der Waals surface area (Å²) in [5.41, 5.74) is 1.58. The van der Waals surface area contributed by atoms with Gasteiger partial charge in [-0.05, 0) is 98.5 Å². The quantitative estimate of drug-likeness (QED) is 0.617. The van der Waals surface area contributed by atoms with Gasteiger partial charge in [-0.15, -0.1) is 0 Å². The average Bonchev–Trinajstić information content (AvgIpc) is 3.26. The maximum atomic E-state index is 11.2. The van der Waals surface area contributed by atoms with Crippen molar-refractivity contribution in [2.45, 2.75) is 91.3 Å². The third-order valence-corrected chi connectivity index (χ3v) is 11.9. The average molecular weight is 401 g/mol. The minimum atomic E-state index is -0.198. The summed E-state index contributed by atoms with van der Waals surface area (Å²) in [4.78, 5) is 0. The molecule has 0 aliphatic heterocycles. The molecule has 0 saturated heterocycles. The Morgan fingerprint density at radius 3 is 2.34 bits per heavy atom. The second-order valence-electron chi connectivity index (χ2n) is 12.7. The predicted molar refractivity (Wildman–Crippen MR) is 120 cm³/mol. The Morgan fingerprint density at radius 2 is 1.69 bits per heavy atom. The molecule has 1 unspecified atom stereocenters. The standard InChI is InChI=1S/C26H44N2O/c1-16(27-6)21-17(29)14-24(5)19-9-8-18-22(2,3)20(28-7)10-11-25(18)15-26(19,25)13-12-23(21,24)4/h12-13,16-21,27-29H,8-11,14-15H2,1-7H3/t16?,17-,18+,19+,20-,21+,23-,24+,25-,26+/m1/s1. The van der Waals surface area contributed by atoms with E-state index in [0.29, 0.717) is 34.2 Å². The van der Waals surface area contributed by atoms with Crippen molar-refractivity contribution in [1.29, 1.82) is 0 Å². The normalized spacial score (nSPS) is 58.0. The highest BCUT2D eigenvalue weighted by Crippen LogP contribution is 2.87. The Bertz CT molecular complexity index is 732. The van der Waals surface area contributed by atoms with Crippen LogP contribution in [-0.4, -0.2) is 37.4 Å². The van der Waals surface area contributed by atoms with E-state index in [1.807, 2.05) is 7.05 Å². The topological polar surface area (TPSA) is 44.3 Å². The first kappa shape index (κ1) is 20.5. The van der Waals surface area contributed by atoms with Gasteiger partial charge in [0.2, 0.25) is 0 Å². The maximum Gasteiger partial charge on any atom is 0.0597 e. The summed E-state index contributed by atoms with van der Waals surface area (Å²) in [6.45, 7) is 12.3. The number of hydrogen-bond donors (Lipinski definition) is 3. The van der Waals surface area contributed by atoms with Crippen LogP contribution in [0.5, 0.6) is 0 Å². The molecular formula is C26H44N2O. The highest BCUT2D eigenvalue weighted by molar-refractivity contribution is 5.39. The Morgan fingerprint density at radius 1 is 1.00 bits per heavy atom. The molecule has 4 fully saturated rings. The largest absolute Gasteiger partial charge is 0.393 e. The lowest BCUT2D eigenvalue weighted by Gasteiger charge is -2.61. The first-order chi connectivity index (χ1) is 13.5. The van der Waals surface area contributed by atoms with Crippen LogP contribution in [0.1, 0.15) is 73.1 Å². The highest BCUT2D eigenvalue weighted by Gasteiger charge is 2.81. The molecule has 0 aromatic rings. The van der Waals surface area contributed by atoms with Crippen LogP contribution in [0.15, 0.2) is 12.2 Å². The minimum Gasteiger partial charge on any atom is -0.393 e. The van der Waals surface area contributed by atoms with Crippen LogP contribution in [-0.2, 0) is 0 Å². The van der Waals surface area contributed by atoms with Crippen LogP contribution in [0.25, 0.3) is 0 Å². The lowest BCUT2D eigenvalue weighted by atomic mass is 9.44. The van der Waals surface area contributed by atoms with Crippen LogP contribution in [0, 0.1) is 44.8 Å². The number of nitrogens with one attached hydrogen (secondary N) is 2. The highest BCUT2D eigenvalue weighted by atomic mass is 16.3. The van der Waals surface area contributed by atoms with Crippen LogP contribution in [0.3, 0.4) is 0 Å². The Balaban J connectivity index is 1.57. The summed E-state index contributed by atoms with van der Waals surface area (Å²) in [6.07, 6.45) is 12.9. The zero-order valence-electron chi connectivity index (χ0n) is 19.8. The smallest absolute Gasteiger partial charge is 0.0597 e. The summed E-state index contributed by atoms with van der Waals surface area (Å²) in [5, 5.41) is 18.4. The fraction of sp³-hybridized carbons (Fsp3) is 0.923. The van der Waals surface area contributed by atoms with Gasteiger partial charge in [-0.1, -0.05) is 39.8 Å². The molecule has 5 aliphatic carbocycles. The molecule has 3 nitrogen and oxygen atoms in total. The number of aliphatic hydroxyl groups excluding tert-OH is 1. The van der Waals surface area contributed by atoms with E-state index >= 15 is 0 Å². The first-order valence-electron chi connectivity index (χ1n) is 12.3. The zero-order chi connectivity index (χ0) is 21.0. The summed E-state index contributed by atoms with van der Waals surface area (Å²) in [7, 11) is 4.21. The summed E-state index contributed by atoms with van der Waals surface area (Å²) >= 11 is 0. The molecule has 0 aromatic carbocycles. The Labute approximate surface area is 178 Å². The number of hydrogen-bond acceptors (Lipinski definition) is 3. The molecule has 0 heterocycles. The van der Waals surface area contributed by atoms with Gasteiger partial charge in [-0.25, -0.2) is 0 Å². The van der Waals surface area contributed by atoms with Crippen LogP contribution < -0.4 is 10.6 Å². The lowest BCUT2D eigenvalue weighted by Crippen LogP contribution is -2.58. The van der Waals surface area contributed by atoms with Gasteiger partial charge in [0.15, 0.2) is 0 Å². The third kappa shape index (κ3) is 2.11. The Hall–Kier alpha value is -0.380. The third-order valence-electron chi connectivity index (χ3n) is 11.9. The van der Waals surface area contributed by atoms with Crippen molar-refractivity contribution in [3.8, 4) is 0 Å².